The van der Waals surface area contributed by atoms with E-state index in [-0.39, 0.29) is 11.3 Å². The highest BCUT2D eigenvalue weighted by Crippen LogP contribution is 2.20. The van der Waals surface area contributed by atoms with E-state index in [0.717, 1.165) is 0 Å². The molecule has 92 valence electrons. The summed E-state index contributed by atoms with van der Waals surface area (Å²) in [5.41, 5.74) is -0.274. The standard InChI is InChI=1S/C12H14F2N2O/c1-8(17)3-2-6-16-10-5-4-9(7-15)11(13)12(10)14/h4-5,8,16-17H,2-3,6H2,1H3. The molecular weight excluding hydrogens is 226 g/mol. The van der Waals surface area contributed by atoms with E-state index in [2.05, 4.69) is 5.32 Å². The van der Waals surface area contributed by atoms with Gasteiger partial charge in [0.25, 0.3) is 0 Å². The van der Waals surface area contributed by atoms with Crippen molar-refractivity contribution in [2.24, 2.45) is 0 Å². The maximum atomic E-state index is 13.4. The van der Waals surface area contributed by atoms with Crippen molar-refractivity contribution in [2.75, 3.05) is 11.9 Å². The van der Waals surface area contributed by atoms with Crippen LogP contribution in [0.15, 0.2) is 12.1 Å². The fourth-order valence-electron chi connectivity index (χ4n) is 1.39. The molecule has 0 aromatic heterocycles. The molecular formula is C12H14F2N2O. The van der Waals surface area contributed by atoms with Gasteiger partial charge in [-0.25, -0.2) is 8.78 Å². The van der Waals surface area contributed by atoms with Gasteiger partial charge in [0, 0.05) is 6.54 Å². The zero-order valence-corrected chi connectivity index (χ0v) is 9.50. The van der Waals surface area contributed by atoms with Crippen molar-refractivity contribution in [3.8, 4) is 6.07 Å². The summed E-state index contributed by atoms with van der Waals surface area (Å²) in [6, 6.07) is 4.13. The van der Waals surface area contributed by atoms with E-state index in [0.29, 0.717) is 19.4 Å². The van der Waals surface area contributed by atoms with Gasteiger partial charge in [0.1, 0.15) is 6.07 Å². The summed E-state index contributed by atoms with van der Waals surface area (Å²) in [7, 11) is 0. The van der Waals surface area contributed by atoms with E-state index in [1.54, 1.807) is 13.0 Å². The molecule has 0 aliphatic heterocycles. The van der Waals surface area contributed by atoms with Gasteiger partial charge in [0.05, 0.1) is 17.4 Å². The van der Waals surface area contributed by atoms with Crippen molar-refractivity contribution < 1.29 is 13.9 Å². The minimum absolute atomic E-state index is 0.0343. The Morgan fingerprint density at radius 3 is 2.71 bits per heavy atom. The number of hydrogen-bond acceptors (Lipinski definition) is 3. The predicted octanol–water partition coefficient (Wildman–Crippen LogP) is 2.41. The first-order valence-corrected chi connectivity index (χ1v) is 5.36. The Kier molecular flexibility index (Phi) is 4.85. The topological polar surface area (TPSA) is 56.0 Å². The number of hydrogen-bond donors (Lipinski definition) is 2. The van der Waals surface area contributed by atoms with Gasteiger partial charge >= 0.3 is 0 Å². The molecule has 3 nitrogen and oxygen atoms in total. The summed E-state index contributed by atoms with van der Waals surface area (Å²) in [5, 5.41) is 20.2. The average molecular weight is 240 g/mol. The summed E-state index contributed by atoms with van der Waals surface area (Å²) in [6.45, 7) is 2.11. The molecule has 1 aromatic carbocycles. The average Bonchev–Trinajstić information content (AvgIpc) is 2.29. The first-order chi connectivity index (χ1) is 8.06. The van der Waals surface area contributed by atoms with Crippen molar-refractivity contribution in [1.82, 2.24) is 0 Å². The van der Waals surface area contributed by atoms with E-state index in [1.165, 1.54) is 12.1 Å². The molecule has 0 aliphatic carbocycles. The second-order valence-electron chi connectivity index (χ2n) is 3.82. The molecule has 0 saturated carbocycles. The Balaban J connectivity index is 2.61. The van der Waals surface area contributed by atoms with E-state index in [9.17, 15) is 8.78 Å². The molecule has 0 aliphatic rings. The van der Waals surface area contributed by atoms with Crippen LogP contribution in [0.3, 0.4) is 0 Å². The lowest BCUT2D eigenvalue weighted by Gasteiger charge is -2.09. The lowest BCUT2D eigenvalue weighted by atomic mass is 10.2. The fraction of sp³-hybridized carbons (Fsp3) is 0.417. The minimum Gasteiger partial charge on any atom is -0.393 e. The highest BCUT2D eigenvalue weighted by molar-refractivity contribution is 5.49. The molecule has 0 saturated heterocycles. The van der Waals surface area contributed by atoms with E-state index < -0.39 is 17.7 Å². The zero-order chi connectivity index (χ0) is 12.8. The second kappa shape index (κ2) is 6.16. The number of nitriles is 1. The molecule has 17 heavy (non-hydrogen) atoms. The van der Waals surface area contributed by atoms with Crippen LogP contribution in [0.4, 0.5) is 14.5 Å². The third-order valence-corrected chi connectivity index (χ3v) is 2.32. The highest BCUT2D eigenvalue weighted by Gasteiger charge is 2.12. The number of nitrogens with zero attached hydrogens (tertiary/aromatic N) is 1. The van der Waals surface area contributed by atoms with Gasteiger partial charge in [-0.1, -0.05) is 0 Å². The molecule has 0 heterocycles. The minimum atomic E-state index is -1.13. The van der Waals surface area contributed by atoms with Crippen molar-refractivity contribution in [3.63, 3.8) is 0 Å². The van der Waals surface area contributed by atoms with Gasteiger partial charge in [-0.3, -0.25) is 0 Å². The fourth-order valence-corrected chi connectivity index (χ4v) is 1.39. The van der Waals surface area contributed by atoms with Crippen LogP contribution in [0.1, 0.15) is 25.3 Å². The number of aliphatic hydroxyl groups excluding tert-OH is 1. The van der Waals surface area contributed by atoms with Crippen molar-refractivity contribution in [1.29, 1.82) is 5.26 Å². The molecule has 0 bridgehead atoms. The summed E-state index contributed by atoms with van der Waals surface area (Å²) in [6.07, 6.45) is 0.839. The zero-order valence-electron chi connectivity index (χ0n) is 9.50. The van der Waals surface area contributed by atoms with Gasteiger partial charge in [0.15, 0.2) is 11.6 Å². The maximum absolute atomic E-state index is 13.4. The predicted molar refractivity (Wildman–Crippen MR) is 60.5 cm³/mol. The quantitative estimate of drug-likeness (QED) is 0.777. The molecule has 1 atom stereocenters. The normalized spacial score (nSPS) is 11.9. The molecule has 5 heteroatoms. The number of aliphatic hydroxyl groups is 1. The Hall–Kier alpha value is -1.67. The molecule has 1 aromatic rings. The largest absolute Gasteiger partial charge is 0.393 e. The molecule has 0 fully saturated rings. The van der Waals surface area contributed by atoms with Crippen LogP contribution in [0.25, 0.3) is 0 Å². The third-order valence-electron chi connectivity index (χ3n) is 2.32. The number of halogens is 2. The lowest BCUT2D eigenvalue weighted by molar-refractivity contribution is 0.183. The second-order valence-corrected chi connectivity index (χ2v) is 3.82. The maximum Gasteiger partial charge on any atom is 0.183 e. The van der Waals surface area contributed by atoms with E-state index in [1.807, 2.05) is 0 Å². The number of benzene rings is 1. The Labute approximate surface area is 98.7 Å². The molecule has 1 rings (SSSR count). The molecule has 1 unspecified atom stereocenters. The number of nitrogens with one attached hydrogen (secondary N) is 1. The van der Waals surface area contributed by atoms with Crippen molar-refractivity contribution in [2.45, 2.75) is 25.9 Å². The van der Waals surface area contributed by atoms with Gasteiger partial charge in [-0.05, 0) is 31.9 Å². The molecule has 0 amide bonds. The van der Waals surface area contributed by atoms with Crippen LogP contribution in [-0.4, -0.2) is 17.8 Å². The van der Waals surface area contributed by atoms with Crippen LogP contribution in [0.5, 0.6) is 0 Å². The molecule has 0 spiro atoms. The highest BCUT2D eigenvalue weighted by atomic mass is 19.2. The third kappa shape index (κ3) is 3.68. The number of rotatable bonds is 5. The summed E-state index contributed by atoms with van der Waals surface area (Å²) < 4.78 is 26.6. The Morgan fingerprint density at radius 1 is 1.41 bits per heavy atom. The Morgan fingerprint density at radius 2 is 2.12 bits per heavy atom. The van der Waals surface area contributed by atoms with Crippen molar-refractivity contribution in [3.05, 3.63) is 29.3 Å². The van der Waals surface area contributed by atoms with Gasteiger partial charge in [-0.2, -0.15) is 5.26 Å². The van der Waals surface area contributed by atoms with Gasteiger partial charge in [-0.15, -0.1) is 0 Å². The lowest BCUT2D eigenvalue weighted by Crippen LogP contribution is -2.08. The van der Waals surface area contributed by atoms with Crippen LogP contribution in [0.2, 0.25) is 0 Å². The van der Waals surface area contributed by atoms with Gasteiger partial charge < -0.3 is 10.4 Å². The first kappa shape index (κ1) is 13.4. The van der Waals surface area contributed by atoms with Gasteiger partial charge in [0.2, 0.25) is 0 Å². The van der Waals surface area contributed by atoms with Crippen molar-refractivity contribution >= 4 is 5.69 Å². The molecule has 2 N–H and O–H groups in total. The SMILES string of the molecule is CC(O)CCCNc1ccc(C#N)c(F)c1F. The Bertz CT molecular complexity index is 427. The van der Waals surface area contributed by atoms with Crippen LogP contribution < -0.4 is 5.32 Å². The summed E-state index contributed by atoms with van der Waals surface area (Å²) >= 11 is 0. The first-order valence-electron chi connectivity index (χ1n) is 5.36. The summed E-state index contributed by atoms with van der Waals surface area (Å²) in [4.78, 5) is 0. The van der Waals surface area contributed by atoms with Crippen LogP contribution >= 0.6 is 0 Å². The van der Waals surface area contributed by atoms with E-state index >= 15 is 0 Å². The smallest absolute Gasteiger partial charge is 0.183 e. The monoisotopic (exact) mass is 240 g/mol. The van der Waals surface area contributed by atoms with Crippen LogP contribution in [0, 0.1) is 23.0 Å². The summed E-state index contributed by atoms with van der Waals surface area (Å²) in [5.74, 6) is -2.17. The van der Waals surface area contributed by atoms with E-state index in [4.69, 9.17) is 10.4 Å². The molecule has 0 radical (unpaired) electrons. The number of anilines is 1. The van der Waals surface area contributed by atoms with Crippen LogP contribution in [-0.2, 0) is 0 Å².